The number of amides is 3. The van der Waals surface area contributed by atoms with Crippen LogP contribution in [0, 0.1) is 35.5 Å². The zero-order chi connectivity index (χ0) is 27.8. The van der Waals surface area contributed by atoms with Crippen LogP contribution in [0.2, 0.25) is 0 Å². The summed E-state index contributed by atoms with van der Waals surface area (Å²) in [4.78, 5) is 41.3. The molecule has 40 heavy (non-hydrogen) atoms. The Balaban J connectivity index is 1.03. The van der Waals surface area contributed by atoms with Crippen LogP contribution in [0.15, 0.2) is 84.9 Å². The molecule has 0 aromatic heterocycles. The normalized spacial score (nSPS) is 27.8. The van der Waals surface area contributed by atoms with Gasteiger partial charge in [-0.05, 0) is 95.7 Å². The average Bonchev–Trinajstić information content (AvgIpc) is 3.72. The first-order valence-corrected chi connectivity index (χ1v) is 14.0. The van der Waals surface area contributed by atoms with Gasteiger partial charge in [-0.25, -0.2) is 4.90 Å². The largest absolute Gasteiger partial charge is 0.457 e. The van der Waals surface area contributed by atoms with Crippen molar-refractivity contribution in [3.8, 4) is 11.5 Å². The van der Waals surface area contributed by atoms with E-state index in [0.717, 1.165) is 12.2 Å². The van der Waals surface area contributed by atoms with Crippen molar-refractivity contribution in [3.05, 3.63) is 96.1 Å². The van der Waals surface area contributed by atoms with Crippen molar-refractivity contribution in [2.45, 2.75) is 32.6 Å². The molecule has 5 aliphatic rings. The van der Waals surface area contributed by atoms with Gasteiger partial charge in [0.05, 0.1) is 17.5 Å². The molecule has 1 aliphatic heterocycles. The maximum absolute atomic E-state index is 13.5. The molecule has 2 bridgehead atoms. The monoisotopic (exact) mass is 532 g/mol. The molecule has 202 valence electrons. The molecule has 1 saturated heterocycles. The van der Waals surface area contributed by atoms with E-state index >= 15 is 0 Å². The Kier molecular flexibility index (Phi) is 5.53. The van der Waals surface area contributed by atoms with Gasteiger partial charge in [-0.15, -0.1) is 0 Å². The second-order valence-electron chi connectivity index (χ2n) is 12.6. The maximum atomic E-state index is 13.5. The molecule has 3 aromatic carbocycles. The molecule has 3 aromatic rings. The Bertz CT molecular complexity index is 1510. The van der Waals surface area contributed by atoms with Crippen LogP contribution in [0.5, 0.6) is 11.5 Å². The highest BCUT2D eigenvalue weighted by Gasteiger charge is 2.67. The number of hydrogen-bond donors (Lipinski definition) is 1. The van der Waals surface area contributed by atoms with E-state index in [9.17, 15) is 14.4 Å². The van der Waals surface area contributed by atoms with Gasteiger partial charge in [-0.1, -0.05) is 51.1 Å². The number of allylic oxidation sites excluding steroid dienone is 2. The smallest absolute Gasteiger partial charge is 0.255 e. The Morgan fingerprint density at radius 2 is 1.40 bits per heavy atom. The van der Waals surface area contributed by atoms with Crippen LogP contribution in [-0.4, -0.2) is 17.7 Å². The Labute approximate surface area is 234 Å². The van der Waals surface area contributed by atoms with Gasteiger partial charge in [0.2, 0.25) is 11.8 Å². The van der Waals surface area contributed by atoms with Crippen LogP contribution < -0.4 is 15.0 Å². The summed E-state index contributed by atoms with van der Waals surface area (Å²) < 4.78 is 5.97. The van der Waals surface area contributed by atoms with E-state index in [2.05, 4.69) is 50.4 Å². The SMILES string of the molecule is CC(C)(C)c1ccc(Oc2ccc(NC(=O)c3cccc(N4C(=O)[C@H]5[C@@H]6C=C[C@H]([C@H]7C[C@H]67)[C@@H]5C4=O)c3)cc2)cc1. The minimum Gasteiger partial charge on any atom is -0.457 e. The number of carbonyl (C=O) groups is 3. The zero-order valence-electron chi connectivity index (χ0n) is 22.8. The molecule has 6 atom stereocenters. The number of nitrogens with zero attached hydrogens (tertiary/aromatic N) is 1. The third kappa shape index (κ3) is 4.05. The summed E-state index contributed by atoms with van der Waals surface area (Å²) in [7, 11) is 0. The minimum absolute atomic E-state index is 0.0766. The van der Waals surface area contributed by atoms with E-state index in [1.807, 2.05) is 12.1 Å². The number of anilines is 2. The first-order chi connectivity index (χ1) is 19.2. The fourth-order valence-electron chi connectivity index (χ4n) is 6.97. The van der Waals surface area contributed by atoms with Gasteiger partial charge in [0, 0.05) is 11.3 Å². The molecule has 1 N–H and O–H groups in total. The van der Waals surface area contributed by atoms with Crippen molar-refractivity contribution in [3.63, 3.8) is 0 Å². The quantitative estimate of drug-likeness (QED) is 0.297. The molecule has 8 rings (SSSR count). The molecule has 6 nitrogen and oxygen atoms in total. The van der Waals surface area contributed by atoms with E-state index in [0.29, 0.717) is 34.5 Å². The Hall–Kier alpha value is -4.19. The number of nitrogens with one attached hydrogen (secondary N) is 1. The molecule has 0 unspecified atom stereocenters. The second kappa shape index (κ2) is 8.91. The summed E-state index contributed by atoms with van der Waals surface area (Å²) in [6.07, 6.45) is 5.46. The fourth-order valence-corrected chi connectivity index (χ4v) is 6.97. The second-order valence-corrected chi connectivity index (χ2v) is 12.6. The van der Waals surface area contributed by atoms with Gasteiger partial charge in [0.25, 0.3) is 5.91 Å². The van der Waals surface area contributed by atoms with Crippen LogP contribution in [-0.2, 0) is 15.0 Å². The number of ether oxygens (including phenoxy) is 1. The van der Waals surface area contributed by atoms with Crippen molar-refractivity contribution >= 4 is 29.1 Å². The number of rotatable bonds is 5. The Morgan fingerprint density at radius 1 is 0.825 bits per heavy atom. The van der Waals surface area contributed by atoms with Crippen molar-refractivity contribution in [1.29, 1.82) is 0 Å². The number of imide groups is 1. The molecule has 4 aliphatic carbocycles. The topological polar surface area (TPSA) is 75.7 Å². The lowest BCUT2D eigenvalue weighted by Crippen LogP contribution is -2.40. The number of benzene rings is 3. The number of carbonyl (C=O) groups excluding carboxylic acids is 3. The van der Waals surface area contributed by atoms with E-state index in [1.165, 1.54) is 10.5 Å². The highest BCUT2D eigenvalue weighted by molar-refractivity contribution is 6.23. The van der Waals surface area contributed by atoms with E-state index in [-0.39, 0.29) is 46.8 Å². The van der Waals surface area contributed by atoms with E-state index < -0.39 is 0 Å². The Morgan fingerprint density at radius 3 is 1.98 bits per heavy atom. The molecule has 3 fully saturated rings. The van der Waals surface area contributed by atoms with Crippen molar-refractivity contribution < 1.29 is 19.1 Å². The van der Waals surface area contributed by atoms with Crippen LogP contribution in [0.3, 0.4) is 0 Å². The lowest BCUT2D eigenvalue weighted by molar-refractivity contribution is -0.124. The molecular formula is C34H32N2O4. The van der Waals surface area contributed by atoms with Crippen LogP contribution in [0.25, 0.3) is 0 Å². The molecule has 0 spiro atoms. The molecule has 6 heteroatoms. The summed E-state index contributed by atoms with van der Waals surface area (Å²) in [5, 5.41) is 2.91. The molecule has 3 amide bonds. The molecule has 1 heterocycles. The lowest BCUT2D eigenvalue weighted by Gasteiger charge is -2.37. The highest BCUT2D eigenvalue weighted by atomic mass is 16.5. The maximum Gasteiger partial charge on any atom is 0.255 e. The summed E-state index contributed by atoms with van der Waals surface area (Å²) in [6.45, 7) is 6.52. The first kappa shape index (κ1) is 24.8. The average molecular weight is 533 g/mol. The van der Waals surface area contributed by atoms with Gasteiger partial charge >= 0.3 is 0 Å². The van der Waals surface area contributed by atoms with Crippen molar-refractivity contribution in [2.24, 2.45) is 35.5 Å². The summed E-state index contributed by atoms with van der Waals surface area (Å²) >= 11 is 0. The molecule has 2 saturated carbocycles. The van der Waals surface area contributed by atoms with Crippen molar-refractivity contribution in [1.82, 2.24) is 0 Å². The third-order valence-electron chi connectivity index (χ3n) is 9.10. The van der Waals surface area contributed by atoms with Gasteiger partial charge in [-0.2, -0.15) is 0 Å². The fraction of sp³-hybridized carbons (Fsp3) is 0.324. The van der Waals surface area contributed by atoms with E-state index in [1.54, 1.807) is 48.5 Å². The lowest BCUT2D eigenvalue weighted by atomic mass is 9.63. The standard InChI is InChI=1S/C34H32N2O4/c1-34(2,3)20-7-11-23(12-8-20)40-24-13-9-21(10-14-24)35-31(37)19-5-4-6-22(17-19)36-32(38)29-25-15-16-26(28-18-27(25)28)30(29)33(36)39/h4-17,25-30H,18H2,1-3H3,(H,35,37)/t25-,26-,27-,28-,29+,30+/m1/s1. The summed E-state index contributed by atoms with van der Waals surface area (Å²) in [5.41, 5.74) is 2.78. The highest BCUT2D eigenvalue weighted by Crippen LogP contribution is 2.65. The van der Waals surface area contributed by atoms with Crippen molar-refractivity contribution in [2.75, 3.05) is 10.2 Å². The summed E-state index contributed by atoms with van der Waals surface area (Å²) in [5.74, 6) is 1.76. The van der Waals surface area contributed by atoms with Crippen LogP contribution in [0.4, 0.5) is 11.4 Å². The third-order valence-corrected chi connectivity index (χ3v) is 9.10. The predicted molar refractivity (Wildman–Crippen MR) is 153 cm³/mol. The van der Waals surface area contributed by atoms with Crippen LogP contribution >= 0.6 is 0 Å². The zero-order valence-corrected chi connectivity index (χ0v) is 22.8. The molecule has 0 radical (unpaired) electrons. The predicted octanol–water partition coefficient (Wildman–Crippen LogP) is 6.59. The molecular weight excluding hydrogens is 500 g/mol. The van der Waals surface area contributed by atoms with E-state index in [4.69, 9.17) is 4.74 Å². The van der Waals surface area contributed by atoms with Gasteiger partial charge < -0.3 is 10.1 Å². The van der Waals surface area contributed by atoms with Gasteiger partial charge in [0.15, 0.2) is 0 Å². The number of hydrogen-bond acceptors (Lipinski definition) is 4. The summed E-state index contributed by atoms with van der Waals surface area (Å²) in [6, 6.07) is 22.0. The van der Waals surface area contributed by atoms with Gasteiger partial charge in [-0.3, -0.25) is 14.4 Å². The minimum atomic E-state index is -0.312. The first-order valence-electron chi connectivity index (χ1n) is 14.0. The van der Waals surface area contributed by atoms with Gasteiger partial charge in [0.1, 0.15) is 11.5 Å². The van der Waals surface area contributed by atoms with Crippen LogP contribution in [0.1, 0.15) is 43.1 Å².